The summed E-state index contributed by atoms with van der Waals surface area (Å²) in [4.78, 5) is 0. The Bertz CT molecular complexity index is 93.6. The predicted octanol–water partition coefficient (Wildman–Crippen LogP) is 0.866. The topological polar surface area (TPSA) is 46.2 Å². The molecule has 2 unspecified atom stereocenters. The highest BCUT2D eigenvalue weighted by molar-refractivity contribution is 4.79. The molecule has 0 aliphatic heterocycles. The van der Waals surface area contributed by atoms with Crippen LogP contribution in [0.15, 0.2) is 12.7 Å². The summed E-state index contributed by atoms with van der Waals surface area (Å²) in [5.74, 6) is 0.282. The molecule has 0 heterocycles. The molecular weight excluding hydrogens is 114 g/mol. The van der Waals surface area contributed by atoms with Crippen molar-refractivity contribution in [3.63, 3.8) is 0 Å². The molecule has 0 amide bonds. The van der Waals surface area contributed by atoms with Gasteiger partial charge in [0.25, 0.3) is 0 Å². The van der Waals surface area contributed by atoms with Crippen LogP contribution in [0.4, 0.5) is 0 Å². The summed E-state index contributed by atoms with van der Waals surface area (Å²) in [6, 6.07) is 0. The first kappa shape index (κ1) is 8.66. The fourth-order valence-corrected chi connectivity index (χ4v) is 0.735. The lowest BCUT2D eigenvalue weighted by Crippen LogP contribution is -2.36. The summed E-state index contributed by atoms with van der Waals surface area (Å²) >= 11 is 0. The number of allylic oxidation sites excluding steroid dienone is 1. The Labute approximate surface area is 56.4 Å². The van der Waals surface area contributed by atoms with E-state index in [9.17, 15) is 0 Å². The van der Waals surface area contributed by atoms with E-state index in [1.165, 1.54) is 0 Å². The van der Waals surface area contributed by atoms with Crippen molar-refractivity contribution in [3.8, 4) is 0 Å². The molecule has 54 valence electrons. The van der Waals surface area contributed by atoms with E-state index in [1.807, 2.05) is 6.92 Å². The lowest BCUT2D eigenvalue weighted by molar-refractivity contribution is 0.0485. The number of nitrogens with two attached hydrogens (primary N) is 1. The fourth-order valence-electron chi connectivity index (χ4n) is 0.735. The van der Waals surface area contributed by atoms with E-state index in [2.05, 4.69) is 6.58 Å². The van der Waals surface area contributed by atoms with Gasteiger partial charge in [0, 0.05) is 0 Å². The zero-order valence-electron chi connectivity index (χ0n) is 6.09. The molecule has 0 aliphatic carbocycles. The van der Waals surface area contributed by atoms with Gasteiger partial charge in [-0.25, -0.2) is 0 Å². The van der Waals surface area contributed by atoms with E-state index in [0.29, 0.717) is 6.42 Å². The van der Waals surface area contributed by atoms with Crippen molar-refractivity contribution in [1.29, 1.82) is 0 Å². The van der Waals surface area contributed by atoms with Crippen molar-refractivity contribution >= 4 is 0 Å². The van der Waals surface area contributed by atoms with Crippen LogP contribution in [0.5, 0.6) is 0 Å². The zero-order chi connectivity index (χ0) is 7.49. The SMILES string of the molecule is C=CC(C)CC(C)(N)O. The minimum absolute atomic E-state index is 0.282. The van der Waals surface area contributed by atoms with Gasteiger partial charge in [0.1, 0.15) is 5.72 Å². The molecule has 0 aliphatic rings. The lowest BCUT2D eigenvalue weighted by Gasteiger charge is -2.19. The van der Waals surface area contributed by atoms with Crippen LogP contribution in [0.2, 0.25) is 0 Å². The van der Waals surface area contributed by atoms with Crippen molar-refractivity contribution in [2.75, 3.05) is 0 Å². The Hall–Kier alpha value is -0.340. The van der Waals surface area contributed by atoms with Crippen LogP contribution >= 0.6 is 0 Å². The summed E-state index contributed by atoms with van der Waals surface area (Å²) < 4.78 is 0. The Morgan fingerprint density at radius 2 is 2.33 bits per heavy atom. The molecule has 2 heteroatoms. The maximum Gasteiger partial charge on any atom is 0.111 e. The first-order chi connectivity index (χ1) is 3.95. The molecule has 0 rings (SSSR count). The first-order valence-electron chi connectivity index (χ1n) is 3.09. The molecule has 0 aromatic heterocycles. The van der Waals surface area contributed by atoms with E-state index >= 15 is 0 Å². The smallest absolute Gasteiger partial charge is 0.111 e. The van der Waals surface area contributed by atoms with Crippen LogP contribution in [0.1, 0.15) is 20.3 Å². The van der Waals surface area contributed by atoms with Crippen LogP contribution in [0, 0.1) is 5.92 Å². The molecule has 0 saturated carbocycles. The Kier molecular flexibility index (Phi) is 2.88. The standard InChI is InChI=1S/C7H15NO/c1-4-6(2)5-7(3,8)9/h4,6,9H,1,5,8H2,2-3H3. The van der Waals surface area contributed by atoms with Crippen molar-refractivity contribution in [2.24, 2.45) is 11.7 Å². The molecule has 0 fully saturated rings. The maximum absolute atomic E-state index is 9.05. The maximum atomic E-state index is 9.05. The van der Waals surface area contributed by atoms with E-state index < -0.39 is 5.72 Å². The van der Waals surface area contributed by atoms with Gasteiger partial charge in [0.05, 0.1) is 0 Å². The quantitative estimate of drug-likeness (QED) is 0.438. The molecule has 2 nitrogen and oxygen atoms in total. The minimum Gasteiger partial charge on any atom is -0.376 e. The Morgan fingerprint density at radius 1 is 1.89 bits per heavy atom. The van der Waals surface area contributed by atoms with Gasteiger partial charge in [-0.1, -0.05) is 13.0 Å². The largest absolute Gasteiger partial charge is 0.376 e. The van der Waals surface area contributed by atoms with Gasteiger partial charge in [-0.2, -0.15) is 0 Å². The van der Waals surface area contributed by atoms with Crippen LogP contribution in [-0.4, -0.2) is 10.8 Å². The van der Waals surface area contributed by atoms with Crippen LogP contribution in [0.25, 0.3) is 0 Å². The van der Waals surface area contributed by atoms with Crippen molar-refractivity contribution in [2.45, 2.75) is 26.0 Å². The summed E-state index contributed by atoms with van der Waals surface area (Å²) in [6.07, 6.45) is 2.35. The van der Waals surface area contributed by atoms with Gasteiger partial charge in [-0.05, 0) is 19.3 Å². The number of hydrogen-bond acceptors (Lipinski definition) is 2. The number of rotatable bonds is 3. The Balaban J connectivity index is 3.59. The lowest BCUT2D eigenvalue weighted by atomic mass is 10.0. The highest BCUT2D eigenvalue weighted by Gasteiger charge is 2.14. The molecule has 9 heavy (non-hydrogen) atoms. The van der Waals surface area contributed by atoms with Crippen molar-refractivity contribution < 1.29 is 5.11 Å². The Morgan fingerprint density at radius 3 is 2.44 bits per heavy atom. The van der Waals surface area contributed by atoms with E-state index in [4.69, 9.17) is 10.8 Å². The molecule has 0 aromatic rings. The third-order valence-electron chi connectivity index (χ3n) is 1.14. The zero-order valence-corrected chi connectivity index (χ0v) is 6.09. The molecular formula is C7H15NO. The number of hydrogen-bond donors (Lipinski definition) is 2. The second-order valence-electron chi connectivity index (χ2n) is 2.77. The fraction of sp³-hybridized carbons (Fsp3) is 0.714. The van der Waals surface area contributed by atoms with E-state index in [1.54, 1.807) is 13.0 Å². The second-order valence-corrected chi connectivity index (χ2v) is 2.77. The van der Waals surface area contributed by atoms with Crippen molar-refractivity contribution in [3.05, 3.63) is 12.7 Å². The average Bonchev–Trinajstić information content (AvgIpc) is 1.62. The van der Waals surface area contributed by atoms with Crippen molar-refractivity contribution in [1.82, 2.24) is 0 Å². The molecule has 0 bridgehead atoms. The highest BCUT2D eigenvalue weighted by atomic mass is 16.3. The van der Waals surface area contributed by atoms with Gasteiger partial charge in [-0.3, -0.25) is 0 Å². The second kappa shape index (κ2) is 2.99. The molecule has 3 N–H and O–H groups in total. The summed E-state index contributed by atoms with van der Waals surface area (Å²) in [5, 5.41) is 9.05. The van der Waals surface area contributed by atoms with Gasteiger partial charge in [0.2, 0.25) is 0 Å². The average molecular weight is 129 g/mol. The van der Waals surface area contributed by atoms with Crippen LogP contribution in [-0.2, 0) is 0 Å². The normalized spacial score (nSPS) is 20.4. The number of aliphatic hydroxyl groups is 1. The highest BCUT2D eigenvalue weighted by Crippen LogP contribution is 2.10. The molecule has 0 aromatic carbocycles. The third kappa shape index (κ3) is 5.53. The minimum atomic E-state index is -1.05. The molecule has 2 atom stereocenters. The summed E-state index contributed by atoms with van der Waals surface area (Å²) in [7, 11) is 0. The monoisotopic (exact) mass is 129 g/mol. The molecule has 0 radical (unpaired) electrons. The van der Waals surface area contributed by atoms with Gasteiger partial charge < -0.3 is 10.8 Å². The summed E-state index contributed by atoms with van der Waals surface area (Å²) in [6.45, 7) is 7.13. The first-order valence-corrected chi connectivity index (χ1v) is 3.09. The van der Waals surface area contributed by atoms with Gasteiger partial charge in [-0.15, -0.1) is 6.58 Å². The van der Waals surface area contributed by atoms with E-state index in [0.717, 1.165) is 0 Å². The van der Waals surface area contributed by atoms with E-state index in [-0.39, 0.29) is 5.92 Å². The predicted molar refractivity (Wildman–Crippen MR) is 38.8 cm³/mol. The van der Waals surface area contributed by atoms with Gasteiger partial charge in [0.15, 0.2) is 0 Å². The van der Waals surface area contributed by atoms with Gasteiger partial charge >= 0.3 is 0 Å². The van der Waals surface area contributed by atoms with Crippen LogP contribution < -0.4 is 5.73 Å². The molecule has 0 spiro atoms. The summed E-state index contributed by atoms with van der Waals surface area (Å²) in [5.41, 5.74) is 4.27. The third-order valence-corrected chi connectivity index (χ3v) is 1.14. The van der Waals surface area contributed by atoms with Crippen LogP contribution in [0.3, 0.4) is 0 Å². The molecule has 0 saturated heterocycles.